The molecule has 0 radical (unpaired) electrons. The van der Waals surface area contributed by atoms with Crippen LogP contribution >= 0.6 is 0 Å². The monoisotopic (exact) mass is 254 g/mol. The molecule has 17 heavy (non-hydrogen) atoms. The first-order chi connectivity index (χ1) is 7.95. The van der Waals surface area contributed by atoms with E-state index < -0.39 is 24.0 Å². The summed E-state index contributed by atoms with van der Waals surface area (Å²) in [5.41, 5.74) is 0. The van der Waals surface area contributed by atoms with Gasteiger partial charge in [-0.1, -0.05) is 6.42 Å². The van der Waals surface area contributed by atoms with E-state index in [1.54, 1.807) is 0 Å². The number of carbonyl (C=O) groups excluding carboxylic acids is 1. The lowest BCUT2D eigenvalue weighted by Crippen LogP contribution is -2.32. The average molecular weight is 254 g/mol. The number of hydrogen-bond acceptors (Lipinski definition) is 3. The van der Waals surface area contributed by atoms with Crippen LogP contribution in [0.15, 0.2) is 0 Å². The molecule has 0 heterocycles. The van der Waals surface area contributed by atoms with Crippen molar-refractivity contribution in [3.05, 3.63) is 0 Å². The quantitative estimate of drug-likeness (QED) is 0.571. The van der Waals surface area contributed by atoms with Crippen molar-refractivity contribution in [1.82, 2.24) is 0 Å². The van der Waals surface area contributed by atoms with E-state index in [4.69, 9.17) is 9.47 Å². The predicted molar refractivity (Wildman–Crippen MR) is 54.3 cm³/mol. The lowest BCUT2D eigenvalue weighted by atomic mass is 9.81. The highest BCUT2D eigenvalue weighted by Gasteiger charge is 2.43. The maximum Gasteiger partial charge on any atom is 0.391 e. The summed E-state index contributed by atoms with van der Waals surface area (Å²) in [6, 6.07) is 0. The highest BCUT2D eigenvalue weighted by molar-refractivity contribution is 5.72. The van der Waals surface area contributed by atoms with Crippen molar-refractivity contribution < 1.29 is 27.4 Å². The van der Waals surface area contributed by atoms with E-state index in [-0.39, 0.29) is 26.1 Å². The molecule has 0 aromatic rings. The number of rotatable bonds is 4. The van der Waals surface area contributed by atoms with E-state index >= 15 is 0 Å². The number of halogens is 3. The molecule has 0 aromatic carbocycles. The summed E-state index contributed by atoms with van der Waals surface area (Å²) in [5.74, 6) is -2.51. The summed E-state index contributed by atoms with van der Waals surface area (Å²) in [6.07, 6.45) is -3.32. The zero-order valence-electron chi connectivity index (χ0n) is 9.76. The van der Waals surface area contributed by atoms with Crippen LogP contribution in [-0.4, -0.2) is 32.5 Å². The third kappa shape index (κ3) is 4.53. The van der Waals surface area contributed by atoms with Crippen LogP contribution in [0.4, 0.5) is 13.2 Å². The van der Waals surface area contributed by atoms with Gasteiger partial charge in [0.15, 0.2) is 0 Å². The molecule has 100 valence electrons. The zero-order chi connectivity index (χ0) is 12.9. The van der Waals surface area contributed by atoms with Crippen molar-refractivity contribution in [3.8, 4) is 0 Å². The van der Waals surface area contributed by atoms with Gasteiger partial charge in [0.05, 0.1) is 18.4 Å². The van der Waals surface area contributed by atoms with Gasteiger partial charge in [-0.3, -0.25) is 4.79 Å². The van der Waals surface area contributed by atoms with Crippen LogP contribution < -0.4 is 0 Å². The summed E-state index contributed by atoms with van der Waals surface area (Å²) >= 11 is 0. The topological polar surface area (TPSA) is 35.5 Å². The third-order valence-electron chi connectivity index (χ3n) is 3.00. The van der Waals surface area contributed by atoms with Crippen molar-refractivity contribution in [2.24, 2.45) is 11.8 Å². The van der Waals surface area contributed by atoms with E-state index in [2.05, 4.69) is 0 Å². The molecule has 1 fully saturated rings. The number of alkyl halides is 3. The molecule has 3 nitrogen and oxygen atoms in total. The molecular weight excluding hydrogens is 237 g/mol. The van der Waals surface area contributed by atoms with Gasteiger partial charge in [0.1, 0.15) is 6.61 Å². The Hall–Kier alpha value is -0.780. The molecule has 6 heteroatoms. The van der Waals surface area contributed by atoms with Crippen LogP contribution in [0.2, 0.25) is 0 Å². The van der Waals surface area contributed by atoms with Crippen LogP contribution in [0.1, 0.15) is 25.7 Å². The summed E-state index contributed by atoms with van der Waals surface area (Å²) in [5, 5.41) is 0. The molecule has 0 saturated heterocycles. The summed E-state index contributed by atoms with van der Waals surface area (Å²) in [4.78, 5) is 11.5. The molecule has 1 saturated carbocycles. The minimum absolute atomic E-state index is 0.0997. The third-order valence-corrected chi connectivity index (χ3v) is 3.00. The van der Waals surface area contributed by atoms with Crippen LogP contribution in [0.3, 0.4) is 0 Å². The maximum atomic E-state index is 12.5. The molecule has 0 spiro atoms. The van der Waals surface area contributed by atoms with Crippen molar-refractivity contribution in [2.75, 3.05) is 20.3 Å². The Balaban J connectivity index is 2.41. The average Bonchev–Trinajstić information content (AvgIpc) is 2.28. The molecule has 1 aliphatic carbocycles. The van der Waals surface area contributed by atoms with Crippen LogP contribution in [-0.2, 0) is 14.3 Å². The summed E-state index contributed by atoms with van der Waals surface area (Å²) in [7, 11) is 1.47. The first-order valence-electron chi connectivity index (χ1n) is 5.67. The maximum absolute atomic E-state index is 12.5. The summed E-state index contributed by atoms with van der Waals surface area (Å²) in [6.45, 7) is 0.365. The lowest BCUT2D eigenvalue weighted by molar-refractivity contribution is -0.189. The van der Waals surface area contributed by atoms with Gasteiger partial charge in [-0.15, -0.1) is 0 Å². The minimum atomic E-state index is -4.20. The predicted octanol–water partition coefficient (Wildman–Crippen LogP) is 2.54. The number of esters is 1. The van der Waals surface area contributed by atoms with Crippen molar-refractivity contribution in [3.63, 3.8) is 0 Å². The second-order valence-electron chi connectivity index (χ2n) is 4.26. The zero-order valence-corrected chi connectivity index (χ0v) is 9.76. The Morgan fingerprint density at radius 1 is 1.29 bits per heavy atom. The van der Waals surface area contributed by atoms with Crippen LogP contribution in [0.25, 0.3) is 0 Å². The van der Waals surface area contributed by atoms with Crippen LogP contribution in [0, 0.1) is 11.8 Å². The fourth-order valence-corrected chi connectivity index (χ4v) is 2.04. The Bertz CT molecular complexity index is 253. The van der Waals surface area contributed by atoms with Gasteiger partial charge < -0.3 is 9.47 Å². The van der Waals surface area contributed by atoms with Crippen molar-refractivity contribution in [2.45, 2.75) is 31.9 Å². The fourth-order valence-electron chi connectivity index (χ4n) is 2.04. The van der Waals surface area contributed by atoms with Crippen molar-refractivity contribution in [1.29, 1.82) is 0 Å². The van der Waals surface area contributed by atoms with E-state index in [0.717, 1.165) is 0 Å². The van der Waals surface area contributed by atoms with Gasteiger partial charge in [-0.05, 0) is 19.3 Å². The van der Waals surface area contributed by atoms with E-state index in [1.807, 2.05) is 0 Å². The lowest BCUT2D eigenvalue weighted by Gasteiger charge is -2.29. The van der Waals surface area contributed by atoms with Crippen molar-refractivity contribution >= 4 is 5.97 Å². The second kappa shape index (κ2) is 6.23. The van der Waals surface area contributed by atoms with Gasteiger partial charge >= 0.3 is 12.1 Å². The molecule has 0 aliphatic heterocycles. The van der Waals surface area contributed by atoms with E-state index in [1.165, 1.54) is 7.11 Å². The first kappa shape index (κ1) is 14.3. The van der Waals surface area contributed by atoms with Gasteiger partial charge in [-0.25, -0.2) is 0 Å². The normalized spacial score (nSPS) is 25.6. The second-order valence-corrected chi connectivity index (χ2v) is 4.26. The van der Waals surface area contributed by atoms with Gasteiger partial charge in [0.25, 0.3) is 0 Å². The SMILES string of the molecule is COCCOC(=O)C1CCCC(C(F)(F)F)C1. The number of carbonyl (C=O) groups is 1. The number of hydrogen-bond donors (Lipinski definition) is 0. The highest BCUT2D eigenvalue weighted by atomic mass is 19.4. The molecule has 1 aliphatic rings. The Morgan fingerprint density at radius 2 is 2.00 bits per heavy atom. The van der Waals surface area contributed by atoms with Crippen LogP contribution in [0.5, 0.6) is 0 Å². The molecule has 0 amide bonds. The van der Waals surface area contributed by atoms with Gasteiger partial charge in [-0.2, -0.15) is 13.2 Å². The first-order valence-corrected chi connectivity index (χ1v) is 5.67. The Morgan fingerprint density at radius 3 is 2.59 bits per heavy atom. The molecule has 0 bridgehead atoms. The van der Waals surface area contributed by atoms with E-state index in [0.29, 0.717) is 12.8 Å². The Labute approximate surface area is 98.3 Å². The molecule has 1 rings (SSSR count). The summed E-state index contributed by atoms with van der Waals surface area (Å²) < 4.78 is 47.1. The molecule has 0 N–H and O–H groups in total. The number of methoxy groups -OCH3 is 1. The van der Waals surface area contributed by atoms with Gasteiger partial charge in [0, 0.05) is 7.11 Å². The molecular formula is C11H17F3O3. The van der Waals surface area contributed by atoms with E-state index in [9.17, 15) is 18.0 Å². The number of ether oxygens (including phenoxy) is 2. The highest BCUT2D eigenvalue weighted by Crippen LogP contribution is 2.40. The smallest absolute Gasteiger partial charge is 0.391 e. The van der Waals surface area contributed by atoms with Gasteiger partial charge in [0.2, 0.25) is 0 Å². The Kier molecular flexibility index (Phi) is 5.24. The molecule has 0 aromatic heterocycles. The molecule has 2 atom stereocenters. The largest absolute Gasteiger partial charge is 0.463 e. The fraction of sp³-hybridized carbons (Fsp3) is 0.909. The minimum Gasteiger partial charge on any atom is -0.463 e. The molecule has 2 unspecified atom stereocenters. The standard InChI is InChI=1S/C11H17F3O3/c1-16-5-6-17-10(15)8-3-2-4-9(7-8)11(12,13)14/h8-9H,2-7H2,1H3.